The molecule has 1 aliphatic carbocycles. The molecular weight excluding hydrogens is 238 g/mol. The summed E-state index contributed by atoms with van der Waals surface area (Å²) in [4.78, 5) is 0. The van der Waals surface area contributed by atoms with Gasteiger partial charge < -0.3 is 16.3 Å². The third-order valence-electron chi connectivity index (χ3n) is 3.97. The molecule has 0 radical (unpaired) electrons. The van der Waals surface area contributed by atoms with Crippen LogP contribution < -0.4 is 11.1 Å². The highest BCUT2D eigenvalue weighted by Crippen LogP contribution is 2.48. The van der Waals surface area contributed by atoms with Crippen LogP contribution in [0.1, 0.15) is 43.4 Å². The molecule has 0 heterocycles. The zero-order valence-corrected chi connectivity index (χ0v) is 11.7. The van der Waals surface area contributed by atoms with Crippen molar-refractivity contribution < 1.29 is 5.21 Å². The highest BCUT2D eigenvalue weighted by molar-refractivity contribution is 5.80. The Bertz CT molecular complexity index is 466. The molecule has 0 aromatic heterocycles. The largest absolute Gasteiger partial charge is 0.409 e. The smallest absolute Gasteiger partial charge is 0.139 e. The molecule has 1 atom stereocenters. The van der Waals surface area contributed by atoms with Gasteiger partial charge in [-0.2, -0.15) is 0 Å². The average molecular weight is 261 g/mol. The fraction of sp³-hybridized carbons (Fsp3) is 0.533. The van der Waals surface area contributed by atoms with Crippen LogP contribution in [0.25, 0.3) is 0 Å². The van der Waals surface area contributed by atoms with Crippen molar-refractivity contribution in [3.05, 3.63) is 35.4 Å². The molecule has 4 heteroatoms. The van der Waals surface area contributed by atoms with Gasteiger partial charge in [0.15, 0.2) is 0 Å². The Hall–Kier alpha value is -1.55. The number of nitrogens with one attached hydrogen (secondary N) is 1. The maximum Gasteiger partial charge on any atom is 0.139 e. The van der Waals surface area contributed by atoms with Crippen molar-refractivity contribution in [2.24, 2.45) is 16.3 Å². The summed E-state index contributed by atoms with van der Waals surface area (Å²) in [5, 5.41) is 15.3. The minimum Gasteiger partial charge on any atom is -0.409 e. The summed E-state index contributed by atoms with van der Waals surface area (Å²) in [6.45, 7) is 5.20. The van der Waals surface area contributed by atoms with Crippen LogP contribution in [0.2, 0.25) is 0 Å². The first-order valence-electron chi connectivity index (χ1n) is 6.81. The normalized spacial score (nSPS) is 19.2. The summed E-state index contributed by atoms with van der Waals surface area (Å²) in [5.41, 5.74) is 8.40. The zero-order valence-electron chi connectivity index (χ0n) is 11.7. The number of hydrogen-bond donors (Lipinski definition) is 3. The predicted octanol–water partition coefficient (Wildman–Crippen LogP) is 2.56. The molecule has 0 aliphatic heterocycles. The molecule has 0 saturated heterocycles. The van der Waals surface area contributed by atoms with Crippen LogP contribution in [0, 0.1) is 12.3 Å². The van der Waals surface area contributed by atoms with E-state index in [4.69, 9.17) is 10.9 Å². The lowest BCUT2D eigenvalue weighted by molar-refractivity contribution is 0.313. The topological polar surface area (TPSA) is 70.6 Å². The molecule has 0 bridgehead atoms. The van der Waals surface area contributed by atoms with E-state index in [0.29, 0.717) is 18.3 Å². The van der Waals surface area contributed by atoms with Gasteiger partial charge in [0.1, 0.15) is 5.84 Å². The molecule has 1 aromatic rings. The van der Waals surface area contributed by atoms with Gasteiger partial charge in [0.25, 0.3) is 0 Å². The monoisotopic (exact) mass is 261 g/mol. The number of benzene rings is 1. The maximum atomic E-state index is 8.65. The van der Waals surface area contributed by atoms with Crippen LogP contribution in [0.5, 0.6) is 0 Å². The summed E-state index contributed by atoms with van der Waals surface area (Å²) in [7, 11) is 0. The van der Waals surface area contributed by atoms with Gasteiger partial charge in [-0.15, -0.1) is 0 Å². The van der Waals surface area contributed by atoms with Gasteiger partial charge in [0.05, 0.1) is 0 Å². The molecule has 104 valence electrons. The van der Waals surface area contributed by atoms with Crippen molar-refractivity contribution in [2.45, 2.75) is 39.2 Å². The van der Waals surface area contributed by atoms with E-state index in [2.05, 4.69) is 48.6 Å². The van der Waals surface area contributed by atoms with Crippen LogP contribution in [-0.2, 0) is 0 Å². The number of rotatable bonds is 6. The first kappa shape index (κ1) is 13.9. The second-order valence-electron chi connectivity index (χ2n) is 5.78. The third kappa shape index (κ3) is 3.70. The van der Waals surface area contributed by atoms with Crippen molar-refractivity contribution in [3.63, 3.8) is 0 Å². The van der Waals surface area contributed by atoms with Gasteiger partial charge in [-0.05, 0) is 37.7 Å². The van der Waals surface area contributed by atoms with Crippen molar-refractivity contribution in [3.8, 4) is 0 Å². The first-order valence-corrected chi connectivity index (χ1v) is 6.81. The SMILES string of the molecule is Cc1cccc([C@@H](C)NCC2(C/C(N)=N/O)CC2)c1. The van der Waals surface area contributed by atoms with E-state index < -0.39 is 0 Å². The molecule has 4 nitrogen and oxygen atoms in total. The molecule has 0 spiro atoms. The van der Waals surface area contributed by atoms with Crippen molar-refractivity contribution in [1.82, 2.24) is 5.32 Å². The lowest BCUT2D eigenvalue weighted by Crippen LogP contribution is -2.30. The van der Waals surface area contributed by atoms with Crippen molar-refractivity contribution in [2.75, 3.05) is 6.54 Å². The minimum atomic E-state index is 0.203. The predicted molar refractivity (Wildman–Crippen MR) is 77.3 cm³/mol. The fourth-order valence-corrected chi connectivity index (χ4v) is 2.44. The van der Waals surface area contributed by atoms with Gasteiger partial charge in [-0.3, -0.25) is 0 Å². The number of hydrogen-bond acceptors (Lipinski definition) is 3. The molecule has 1 aliphatic rings. The van der Waals surface area contributed by atoms with Gasteiger partial charge >= 0.3 is 0 Å². The molecule has 2 rings (SSSR count). The fourth-order valence-electron chi connectivity index (χ4n) is 2.44. The molecule has 1 saturated carbocycles. The van der Waals surface area contributed by atoms with Crippen LogP contribution in [0.15, 0.2) is 29.4 Å². The Balaban J connectivity index is 1.89. The van der Waals surface area contributed by atoms with E-state index in [-0.39, 0.29) is 5.41 Å². The van der Waals surface area contributed by atoms with Gasteiger partial charge in [0, 0.05) is 19.0 Å². The van der Waals surface area contributed by atoms with E-state index in [1.54, 1.807) is 0 Å². The van der Waals surface area contributed by atoms with Crippen molar-refractivity contribution in [1.29, 1.82) is 0 Å². The number of oxime groups is 1. The minimum absolute atomic E-state index is 0.203. The highest BCUT2D eigenvalue weighted by Gasteiger charge is 2.43. The van der Waals surface area contributed by atoms with E-state index in [1.807, 2.05) is 0 Å². The summed E-state index contributed by atoms with van der Waals surface area (Å²) in [6, 6.07) is 8.88. The number of aryl methyl sites for hydroxylation is 1. The molecule has 0 unspecified atom stereocenters. The standard InChI is InChI=1S/C15H23N3O/c1-11-4-3-5-13(8-11)12(2)17-10-15(6-7-15)9-14(16)18-19/h3-5,8,12,17,19H,6-7,9-10H2,1-2H3,(H2,16,18)/t12-/m1/s1. The molecule has 4 N–H and O–H groups in total. The van der Waals surface area contributed by atoms with Crippen LogP contribution in [0.4, 0.5) is 0 Å². The third-order valence-corrected chi connectivity index (χ3v) is 3.97. The van der Waals surface area contributed by atoms with E-state index >= 15 is 0 Å². The molecule has 1 fully saturated rings. The van der Waals surface area contributed by atoms with E-state index in [1.165, 1.54) is 11.1 Å². The summed E-state index contributed by atoms with van der Waals surface area (Å²) in [5.74, 6) is 0.336. The molecule has 1 aromatic carbocycles. The molecule has 19 heavy (non-hydrogen) atoms. The zero-order chi connectivity index (χ0) is 13.9. The van der Waals surface area contributed by atoms with Crippen LogP contribution >= 0.6 is 0 Å². The van der Waals surface area contributed by atoms with E-state index in [0.717, 1.165) is 19.4 Å². The lowest BCUT2D eigenvalue weighted by atomic mass is 10.00. The van der Waals surface area contributed by atoms with Crippen LogP contribution in [-0.4, -0.2) is 17.6 Å². The molecule has 0 amide bonds. The summed E-state index contributed by atoms with van der Waals surface area (Å²) < 4.78 is 0. The van der Waals surface area contributed by atoms with E-state index in [9.17, 15) is 0 Å². The second kappa shape index (κ2) is 5.61. The van der Waals surface area contributed by atoms with Crippen molar-refractivity contribution >= 4 is 5.84 Å². The van der Waals surface area contributed by atoms with Gasteiger partial charge in [0.2, 0.25) is 0 Å². The second-order valence-corrected chi connectivity index (χ2v) is 5.78. The maximum absolute atomic E-state index is 8.65. The van der Waals surface area contributed by atoms with Crippen LogP contribution in [0.3, 0.4) is 0 Å². The Labute approximate surface area is 114 Å². The Morgan fingerprint density at radius 2 is 2.26 bits per heavy atom. The molecular formula is C15H23N3O. The van der Waals surface area contributed by atoms with Gasteiger partial charge in [-0.1, -0.05) is 35.0 Å². The Morgan fingerprint density at radius 1 is 1.53 bits per heavy atom. The highest BCUT2D eigenvalue weighted by atomic mass is 16.4. The average Bonchev–Trinajstić information content (AvgIpc) is 3.16. The quantitative estimate of drug-likeness (QED) is 0.319. The number of nitrogens with zero attached hydrogens (tertiary/aromatic N) is 1. The summed E-state index contributed by atoms with van der Waals surface area (Å²) in [6.07, 6.45) is 2.98. The first-order chi connectivity index (χ1) is 9.04. The summed E-state index contributed by atoms with van der Waals surface area (Å²) >= 11 is 0. The lowest BCUT2D eigenvalue weighted by Gasteiger charge is -2.20. The number of amidine groups is 1. The number of nitrogens with two attached hydrogens (primary N) is 1. The Morgan fingerprint density at radius 3 is 2.84 bits per heavy atom. The Kier molecular flexibility index (Phi) is 4.10. The van der Waals surface area contributed by atoms with Gasteiger partial charge in [-0.25, -0.2) is 0 Å².